The predicted molar refractivity (Wildman–Crippen MR) is 71.2 cm³/mol. The number of hydrogen-bond donors (Lipinski definition) is 0. The van der Waals surface area contributed by atoms with Gasteiger partial charge in [0, 0.05) is 12.7 Å². The molecule has 1 heterocycles. The number of fused-ring (bicyclic) bond motifs is 1. The molecule has 4 heteroatoms. The molecule has 0 aromatic heterocycles. The lowest BCUT2D eigenvalue weighted by molar-refractivity contribution is -0.123. The van der Waals surface area contributed by atoms with Crippen molar-refractivity contribution in [3.63, 3.8) is 0 Å². The van der Waals surface area contributed by atoms with Crippen LogP contribution in [0.25, 0.3) is 0 Å². The second-order valence-electron chi connectivity index (χ2n) is 6.03. The lowest BCUT2D eigenvalue weighted by atomic mass is 9.71. The Balaban J connectivity index is 2.57. The third kappa shape index (κ3) is 1.99. The number of anilines is 1. The minimum atomic E-state index is -0.842. The number of nitrogens with zero attached hydrogens (tertiary/aromatic N) is 2. The summed E-state index contributed by atoms with van der Waals surface area (Å²) in [5.41, 5.74) is -0.0871. The molecule has 1 aliphatic heterocycles. The third-order valence-electron chi connectivity index (χ3n) is 3.79. The number of nitriles is 1. The van der Waals surface area contributed by atoms with E-state index in [0.717, 1.165) is 5.69 Å². The van der Waals surface area contributed by atoms with Crippen molar-refractivity contribution in [3.05, 3.63) is 29.6 Å². The van der Waals surface area contributed by atoms with Crippen LogP contribution in [0.1, 0.15) is 32.8 Å². The molecule has 1 unspecified atom stereocenters. The molecule has 0 radical (unpaired) electrons. The minimum Gasteiger partial charge on any atom is -0.314 e. The van der Waals surface area contributed by atoms with E-state index in [-0.39, 0.29) is 11.7 Å². The molecule has 0 aliphatic carbocycles. The molecule has 1 aromatic carbocycles. The number of benzene rings is 1. The van der Waals surface area contributed by atoms with Crippen molar-refractivity contribution in [2.24, 2.45) is 5.41 Å². The monoisotopic (exact) mass is 260 g/mol. The Bertz CT molecular complexity index is 588. The van der Waals surface area contributed by atoms with Gasteiger partial charge in [0.1, 0.15) is 5.82 Å². The molecular formula is C15H17FN2O. The number of hydrogen-bond acceptors (Lipinski definition) is 2. The van der Waals surface area contributed by atoms with Crippen molar-refractivity contribution in [2.75, 3.05) is 11.9 Å². The van der Waals surface area contributed by atoms with Crippen LogP contribution < -0.4 is 4.90 Å². The highest BCUT2D eigenvalue weighted by atomic mass is 19.1. The van der Waals surface area contributed by atoms with Gasteiger partial charge in [0.15, 0.2) is 0 Å². The normalized spacial score (nSPS) is 22.3. The van der Waals surface area contributed by atoms with E-state index in [9.17, 15) is 14.4 Å². The zero-order valence-electron chi connectivity index (χ0n) is 11.6. The maximum absolute atomic E-state index is 13.5. The molecule has 100 valence electrons. The van der Waals surface area contributed by atoms with Crippen LogP contribution >= 0.6 is 0 Å². The van der Waals surface area contributed by atoms with Crippen LogP contribution in [0, 0.1) is 22.6 Å². The van der Waals surface area contributed by atoms with Crippen molar-refractivity contribution < 1.29 is 9.18 Å². The van der Waals surface area contributed by atoms with Crippen LogP contribution in [0.5, 0.6) is 0 Å². The Labute approximate surface area is 112 Å². The van der Waals surface area contributed by atoms with Gasteiger partial charge in [-0.1, -0.05) is 0 Å². The molecule has 0 saturated heterocycles. The molecule has 3 nitrogen and oxygen atoms in total. The fourth-order valence-corrected chi connectivity index (χ4v) is 2.93. The molecule has 2 rings (SSSR count). The van der Waals surface area contributed by atoms with Crippen LogP contribution in [0.3, 0.4) is 0 Å². The van der Waals surface area contributed by atoms with Gasteiger partial charge < -0.3 is 4.90 Å². The Kier molecular flexibility index (Phi) is 2.89. The van der Waals surface area contributed by atoms with Gasteiger partial charge in [-0.05, 0) is 51.0 Å². The van der Waals surface area contributed by atoms with Crippen molar-refractivity contribution in [1.82, 2.24) is 0 Å². The van der Waals surface area contributed by atoms with Gasteiger partial charge in [-0.25, -0.2) is 4.39 Å². The summed E-state index contributed by atoms with van der Waals surface area (Å²) in [6, 6.07) is 6.59. The minimum absolute atomic E-state index is 0.0866. The third-order valence-corrected chi connectivity index (χ3v) is 3.79. The first-order valence-corrected chi connectivity index (χ1v) is 6.21. The topological polar surface area (TPSA) is 44.1 Å². The summed E-state index contributed by atoms with van der Waals surface area (Å²) in [5.74, 6) is -0.445. The average Bonchev–Trinajstić information content (AvgIpc) is 2.51. The van der Waals surface area contributed by atoms with Crippen LogP contribution in [-0.4, -0.2) is 13.0 Å². The zero-order valence-corrected chi connectivity index (χ0v) is 11.6. The number of amides is 1. The molecule has 1 aliphatic rings. The summed E-state index contributed by atoms with van der Waals surface area (Å²) in [5, 5.41) is 9.17. The zero-order chi connectivity index (χ0) is 14.4. The van der Waals surface area contributed by atoms with Gasteiger partial charge in [-0.2, -0.15) is 5.26 Å². The molecule has 1 amide bonds. The molecule has 0 spiro atoms. The van der Waals surface area contributed by atoms with Crippen LogP contribution in [0.15, 0.2) is 18.2 Å². The largest absolute Gasteiger partial charge is 0.314 e. The second-order valence-corrected chi connectivity index (χ2v) is 6.03. The van der Waals surface area contributed by atoms with Gasteiger partial charge in [0.05, 0.1) is 16.9 Å². The standard InChI is InChI=1S/C15H17FN2O/c1-14(2,9-17)8-15(3)11-7-10(16)5-6-12(11)18(4)13(15)19/h5-7H,8H2,1-4H3. The van der Waals surface area contributed by atoms with E-state index >= 15 is 0 Å². The van der Waals surface area contributed by atoms with Crippen molar-refractivity contribution in [3.8, 4) is 6.07 Å². The first-order valence-electron chi connectivity index (χ1n) is 6.21. The van der Waals surface area contributed by atoms with Crippen molar-refractivity contribution in [2.45, 2.75) is 32.6 Å². The van der Waals surface area contributed by atoms with Crippen LogP contribution in [-0.2, 0) is 10.2 Å². The molecule has 1 atom stereocenters. The van der Waals surface area contributed by atoms with E-state index in [0.29, 0.717) is 12.0 Å². The average molecular weight is 260 g/mol. The summed E-state index contributed by atoms with van der Waals surface area (Å²) in [7, 11) is 1.68. The summed E-state index contributed by atoms with van der Waals surface area (Å²) in [6.07, 6.45) is 0.371. The van der Waals surface area contributed by atoms with Crippen molar-refractivity contribution >= 4 is 11.6 Å². The summed E-state index contributed by atoms with van der Waals surface area (Å²) >= 11 is 0. The highest BCUT2D eigenvalue weighted by molar-refractivity contribution is 6.07. The predicted octanol–water partition coefficient (Wildman–Crippen LogP) is 3.00. The lowest BCUT2D eigenvalue weighted by Gasteiger charge is -2.29. The fourth-order valence-electron chi connectivity index (χ4n) is 2.93. The highest BCUT2D eigenvalue weighted by Gasteiger charge is 2.48. The van der Waals surface area contributed by atoms with E-state index in [2.05, 4.69) is 6.07 Å². The number of rotatable bonds is 2. The maximum Gasteiger partial charge on any atom is 0.237 e. The quantitative estimate of drug-likeness (QED) is 0.820. The number of likely N-dealkylation sites (N-methyl/N-ethyl adjacent to an activating group) is 1. The molecule has 0 N–H and O–H groups in total. The van der Waals surface area contributed by atoms with Gasteiger partial charge in [-0.3, -0.25) is 4.79 Å². The molecular weight excluding hydrogens is 243 g/mol. The molecule has 19 heavy (non-hydrogen) atoms. The second kappa shape index (κ2) is 4.06. The summed E-state index contributed by atoms with van der Waals surface area (Å²) in [6.45, 7) is 5.38. The molecule has 0 bridgehead atoms. The first-order chi connectivity index (χ1) is 8.71. The Hall–Kier alpha value is -1.89. The van der Waals surface area contributed by atoms with E-state index in [1.54, 1.807) is 38.8 Å². The summed E-state index contributed by atoms with van der Waals surface area (Å²) < 4.78 is 13.5. The Morgan fingerprint density at radius 2 is 2.11 bits per heavy atom. The smallest absolute Gasteiger partial charge is 0.237 e. The highest BCUT2D eigenvalue weighted by Crippen LogP contribution is 2.47. The van der Waals surface area contributed by atoms with Crippen molar-refractivity contribution in [1.29, 1.82) is 5.26 Å². The fraction of sp³-hybridized carbons (Fsp3) is 0.467. The number of carbonyl (C=O) groups is 1. The SMILES string of the molecule is CN1C(=O)C(C)(CC(C)(C)C#N)c2cc(F)ccc21. The first kappa shape index (κ1) is 13.5. The van der Waals surface area contributed by atoms with Crippen LogP contribution in [0.4, 0.5) is 10.1 Å². The van der Waals surface area contributed by atoms with Gasteiger partial charge in [0.2, 0.25) is 5.91 Å². The van der Waals surface area contributed by atoms with Gasteiger partial charge in [0.25, 0.3) is 0 Å². The van der Waals surface area contributed by atoms with Gasteiger partial charge >= 0.3 is 0 Å². The molecule has 0 fully saturated rings. The number of carbonyl (C=O) groups excluding carboxylic acids is 1. The van der Waals surface area contributed by atoms with E-state index in [1.165, 1.54) is 12.1 Å². The van der Waals surface area contributed by atoms with Gasteiger partial charge in [-0.15, -0.1) is 0 Å². The maximum atomic E-state index is 13.5. The van der Waals surface area contributed by atoms with E-state index < -0.39 is 10.8 Å². The van der Waals surface area contributed by atoms with Crippen LogP contribution in [0.2, 0.25) is 0 Å². The Morgan fingerprint density at radius 1 is 1.47 bits per heavy atom. The van der Waals surface area contributed by atoms with E-state index in [4.69, 9.17) is 0 Å². The molecule has 1 aromatic rings. The summed E-state index contributed by atoms with van der Waals surface area (Å²) in [4.78, 5) is 14.0. The van der Waals surface area contributed by atoms with E-state index in [1.807, 2.05) is 0 Å². The number of halogens is 1. The molecule has 0 saturated carbocycles. The Morgan fingerprint density at radius 3 is 2.68 bits per heavy atom. The lowest BCUT2D eigenvalue weighted by Crippen LogP contribution is -2.39.